The maximum absolute atomic E-state index is 12.2. The lowest BCUT2D eigenvalue weighted by Gasteiger charge is -2.07. The van der Waals surface area contributed by atoms with Crippen LogP contribution in [-0.4, -0.2) is 6.67 Å². The van der Waals surface area contributed by atoms with Gasteiger partial charge in [-0.1, -0.05) is 24.3 Å². The van der Waals surface area contributed by atoms with Crippen molar-refractivity contribution in [2.45, 2.75) is 24.8 Å². The van der Waals surface area contributed by atoms with E-state index in [9.17, 15) is 4.39 Å². The third-order valence-corrected chi connectivity index (χ3v) is 2.58. The van der Waals surface area contributed by atoms with Gasteiger partial charge in [0.2, 0.25) is 0 Å². The normalized spacial score (nSPS) is 18.6. The Kier molecular flexibility index (Phi) is 2.32. The van der Waals surface area contributed by atoms with E-state index >= 15 is 0 Å². The molecule has 13 heavy (non-hydrogen) atoms. The van der Waals surface area contributed by atoms with Gasteiger partial charge < -0.3 is 5.73 Å². The number of hydrogen-bond donors (Lipinski definition) is 1. The van der Waals surface area contributed by atoms with Gasteiger partial charge in [0, 0.05) is 0 Å². The highest BCUT2D eigenvalue weighted by molar-refractivity contribution is 5.29. The smallest absolute Gasteiger partial charge is 0.109 e. The molecule has 2 rings (SSSR count). The average molecular weight is 179 g/mol. The highest BCUT2D eigenvalue weighted by atomic mass is 19.1. The summed E-state index contributed by atoms with van der Waals surface area (Å²) in [5.41, 5.74) is 7.83. The van der Waals surface area contributed by atoms with E-state index in [2.05, 4.69) is 12.1 Å². The van der Waals surface area contributed by atoms with Crippen molar-refractivity contribution in [3.05, 3.63) is 35.4 Å². The fraction of sp³-hybridized carbons (Fsp3) is 0.455. The van der Waals surface area contributed by atoms with Crippen molar-refractivity contribution >= 4 is 0 Å². The molecule has 0 heterocycles. The van der Waals surface area contributed by atoms with Gasteiger partial charge in [-0.2, -0.15) is 0 Å². The maximum atomic E-state index is 12.2. The van der Waals surface area contributed by atoms with E-state index in [1.54, 1.807) is 0 Å². The van der Waals surface area contributed by atoms with Gasteiger partial charge in [-0.25, -0.2) is 4.39 Å². The second-order valence-corrected chi connectivity index (χ2v) is 3.70. The lowest BCUT2D eigenvalue weighted by atomic mass is 10.0. The predicted molar refractivity (Wildman–Crippen MR) is 51.3 cm³/mol. The molecular formula is C11H14FN. The van der Waals surface area contributed by atoms with E-state index in [0.717, 1.165) is 11.5 Å². The predicted octanol–water partition coefficient (Wildman–Crippen LogP) is 2.53. The topological polar surface area (TPSA) is 26.0 Å². The largest absolute Gasteiger partial charge is 0.322 e. The van der Waals surface area contributed by atoms with E-state index in [0.29, 0.717) is 0 Å². The zero-order valence-electron chi connectivity index (χ0n) is 7.54. The monoisotopic (exact) mass is 179 g/mol. The zero-order chi connectivity index (χ0) is 9.26. The first kappa shape index (κ1) is 8.70. The molecule has 0 unspecified atom stereocenters. The second-order valence-electron chi connectivity index (χ2n) is 3.70. The summed E-state index contributed by atoms with van der Waals surface area (Å²) in [6.07, 6.45) is 2.60. The number of benzene rings is 1. The number of alkyl halides is 1. The van der Waals surface area contributed by atoms with Crippen LogP contribution >= 0.6 is 0 Å². The van der Waals surface area contributed by atoms with Crippen molar-refractivity contribution in [2.24, 2.45) is 5.73 Å². The number of halogens is 1. The Morgan fingerprint density at radius 2 is 1.92 bits per heavy atom. The van der Waals surface area contributed by atoms with Crippen LogP contribution in [0.3, 0.4) is 0 Å². The van der Waals surface area contributed by atoms with Gasteiger partial charge in [0.15, 0.2) is 0 Å². The molecule has 0 spiro atoms. The fourth-order valence-electron chi connectivity index (χ4n) is 1.52. The molecule has 1 aromatic rings. The molecule has 1 atom stereocenters. The molecule has 2 heteroatoms. The highest BCUT2D eigenvalue weighted by Gasteiger charge is 2.23. The third kappa shape index (κ3) is 1.89. The van der Waals surface area contributed by atoms with Crippen molar-refractivity contribution in [3.63, 3.8) is 0 Å². The van der Waals surface area contributed by atoms with Crippen LogP contribution in [0.2, 0.25) is 0 Å². The molecule has 1 aromatic carbocycles. The van der Waals surface area contributed by atoms with Crippen molar-refractivity contribution in [3.8, 4) is 0 Å². The summed E-state index contributed by atoms with van der Waals surface area (Å²) in [6.45, 7) is -0.483. The fourth-order valence-corrected chi connectivity index (χ4v) is 1.52. The SMILES string of the molecule is N[C@H](CF)c1ccc(C2CC2)cc1. The van der Waals surface area contributed by atoms with Gasteiger partial charge in [-0.05, 0) is 29.9 Å². The van der Waals surface area contributed by atoms with E-state index < -0.39 is 12.7 Å². The summed E-state index contributed by atoms with van der Waals surface area (Å²) in [7, 11) is 0. The maximum Gasteiger partial charge on any atom is 0.109 e. The Balaban J connectivity index is 2.12. The van der Waals surface area contributed by atoms with Gasteiger partial charge in [0.25, 0.3) is 0 Å². The molecule has 0 amide bonds. The van der Waals surface area contributed by atoms with Crippen molar-refractivity contribution in [1.29, 1.82) is 0 Å². The van der Waals surface area contributed by atoms with Crippen molar-refractivity contribution in [1.82, 2.24) is 0 Å². The van der Waals surface area contributed by atoms with Gasteiger partial charge in [0.1, 0.15) is 6.67 Å². The summed E-state index contributed by atoms with van der Waals surface area (Å²) in [5, 5.41) is 0. The minimum atomic E-state index is -0.483. The molecule has 0 saturated heterocycles. The molecule has 0 aliphatic heterocycles. The number of nitrogens with two attached hydrogens (primary N) is 1. The van der Waals surface area contributed by atoms with Crippen molar-refractivity contribution < 1.29 is 4.39 Å². The molecule has 1 fully saturated rings. The first-order chi connectivity index (χ1) is 6.31. The average Bonchev–Trinajstić information content (AvgIpc) is 3.00. The third-order valence-electron chi connectivity index (χ3n) is 2.58. The van der Waals surface area contributed by atoms with Gasteiger partial charge in [0.05, 0.1) is 6.04 Å². The molecule has 1 saturated carbocycles. The zero-order valence-corrected chi connectivity index (χ0v) is 7.54. The minimum Gasteiger partial charge on any atom is -0.322 e. The Bertz CT molecular complexity index is 277. The van der Waals surface area contributed by atoms with Crippen LogP contribution in [0.15, 0.2) is 24.3 Å². The Morgan fingerprint density at radius 1 is 1.31 bits per heavy atom. The first-order valence-corrected chi connectivity index (χ1v) is 4.72. The van der Waals surface area contributed by atoms with E-state index in [1.165, 1.54) is 18.4 Å². The number of hydrogen-bond acceptors (Lipinski definition) is 1. The Morgan fingerprint density at radius 3 is 2.38 bits per heavy atom. The lowest BCUT2D eigenvalue weighted by molar-refractivity contribution is 0.437. The second kappa shape index (κ2) is 3.46. The summed E-state index contributed by atoms with van der Waals surface area (Å²) in [6, 6.07) is 7.58. The van der Waals surface area contributed by atoms with Crippen LogP contribution in [0, 0.1) is 0 Å². The van der Waals surface area contributed by atoms with Crippen LogP contribution in [0.5, 0.6) is 0 Å². The summed E-state index contributed by atoms with van der Waals surface area (Å²) < 4.78 is 12.2. The van der Waals surface area contributed by atoms with Crippen LogP contribution < -0.4 is 5.73 Å². The van der Waals surface area contributed by atoms with Crippen LogP contribution in [-0.2, 0) is 0 Å². The van der Waals surface area contributed by atoms with E-state index in [1.807, 2.05) is 12.1 Å². The molecule has 2 N–H and O–H groups in total. The molecular weight excluding hydrogens is 165 g/mol. The standard InChI is InChI=1S/C11H14FN/c12-7-11(13)10-5-3-9(4-6-10)8-1-2-8/h3-6,8,11H,1-2,7,13H2/t11-/m1/s1. The van der Waals surface area contributed by atoms with E-state index in [4.69, 9.17) is 5.73 Å². The molecule has 0 radical (unpaired) electrons. The summed E-state index contributed by atoms with van der Waals surface area (Å²) in [5.74, 6) is 0.760. The van der Waals surface area contributed by atoms with Crippen LogP contribution in [0.1, 0.15) is 35.9 Å². The van der Waals surface area contributed by atoms with Gasteiger partial charge >= 0.3 is 0 Å². The van der Waals surface area contributed by atoms with Crippen LogP contribution in [0.25, 0.3) is 0 Å². The molecule has 70 valence electrons. The quantitative estimate of drug-likeness (QED) is 0.758. The van der Waals surface area contributed by atoms with Crippen LogP contribution in [0.4, 0.5) is 4.39 Å². The molecule has 1 aliphatic rings. The summed E-state index contributed by atoms with van der Waals surface area (Å²) in [4.78, 5) is 0. The Labute approximate surface area is 77.8 Å². The van der Waals surface area contributed by atoms with Gasteiger partial charge in [-0.15, -0.1) is 0 Å². The first-order valence-electron chi connectivity index (χ1n) is 4.72. The van der Waals surface area contributed by atoms with Gasteiger partial charge in [-0.3, -0.25) is 0 Å². The molecule has 0 aromatic heterocycles. The summed E-state index contributed by atoms with van der Waals surface area (Å²) >= 11 is 0. The highest BCUT2D eigenvalue weighted by Crippen LogP contribution is 2.40. The molecule has 1 aliphatic carbocycles. The molecule has 0 bridgehead atoms. The van der Waals surface area contributed by atoms with E-state index in [-0.39, 0.29) is 0 Å². The number of rotatable bonds is 3. The minimum absolute atomic E-state index is 0.451. The lowest BCUT2D eigenvalue weighted by Crippen LogP contribution is -2.11. The molecule has 1 nitrogen and oxygen atoms in total. The Hall–Kier alpha value is -0.890. The van der Waals surface area contributed by atoms with Crippen molar-refractivity contribution in [2.75, 3.05) is 6.67 Å².